The fourth-order valence-corrected chi connectivity index (χ4v) is 6.76. The van der Waals surface area contributed by atoms with Gasteiger partial charge in [0.2, 0.25) is 0 Å². The van der Waals surface area contributed by atoms with Gasteiger partial charge in [-0.1, -0.05) is 0 Å². The van der Waals surface area contributed by atoms with Crippen molar-refractivity contribution in [3.8, 4) is 0 Å². The van der Waals surface area contributed by atoms with E-state index < -0.39 is 35.8 Å². The minimum absolute atomic E-state index is 0.00133. The van der Waals surface area contributed by atoms with Crippen LogP contribution in [0.4, 0.5) is 35.0 Å². The summed E-state index contributed by atoms with van der Waals surface area (Å²) in [5, 5.41) is 2.57. The number of amides is 1. The standard InChI is InChI=1S/C26H28F4N4O3/c27-19-9-17(6-14-1-3-34(22(14)19)18-7-15-5-16(15)8-18)31-23(35)21-20(10-26(28,29)30)37-24(32-21)33-4-2-25(11-33)12-36-13-25/h6,9,15-16,18H,1-5,7-8,10-13H2,(H,31,35). The van der Waals surface area contributed by atoms with Gasteiger partial charge in [0.1, 0.15) is 18.0 Å². The van der Waals surface area contributed by atoms with Crippen LogP contribution in [0.3, 0.4) is 0 Å². The van der Waals surface area contributed by atoms with Gasteiger partial charge in [0.15, 0.2) is 5.69 Å². The van der Waals surface area contributed by atoms with Crippen LogP contribution >= 0.6 is 0 Å². The highest BCUT2D eigenvalue weighted by molar-refractivity contribution is 6.04. The van der Waals surface area contributed by atoms with Gasteiger partial charge in [0.05, 0.1) is 18.9 Å². The Kier molecular flexibility index (Phi) is 5.09. The molecule has 0 radical (unpaired) electrons. The third kappa shape index (κ3) is 4.15. The van der Waals surface area contributed by atoms with E-state index in [1.807, 2.05) is 0 Å². The van der Waals surface area contributed by atoms with Gasteiger partial charge in [-0.2, -0.15) is 18.2 Å². The molecule has 11 heteroatoms. The second-order valence-corrected chi connectivity index (χ2v) is 11.5. The monoisotopic (exact) mass is 520 g/mol. The number of fused-ring (bicyclic) bond motifs is 2. The second-order valence-electron chi connectivity index (χ2n) is 11.5. The summed E-state index contributed by atoms with van der Waals surface area (Å²) in [7, 11) is 0. The van der Waals surface area contributed by atoms with Crippen molar-refractivity contribution in [1.29, 1.82) is 0 Å². The van der Waals surface area contributed by atoms with E-state index in [-0.39, 0.29) is 17.1 Å². The molecule has 2 atom stereocenters. The van der Waals surface area contributed by atoms with E-state index in [9.17, 15) is 18.0 Å². The summed E-state index contributed by atoms with van der Waals surface area (Å²) in [6.07, 6.45) is -1.02. The average Bonchev–Trinajstić information content (AvgIpc) is 3.29. The molecule has 1 N–H and O–H groups in total. The number of nitrogens with one attached hydrogen (secondary N) is 1. The summed E-state index contributed by atoms with van der Waals surface area (Å²) in [5.74, 6) is -0.255. The molecule has 5 aliphatic rings. The quantitative estimate of drug-likeness (QED) is 0.583. The summed E-state index contributed by atoms with van der Waals surface area (Å²) in [6.45, 7) is 3.03. The number of anilines is 3. The predicted molar refractivity (Wildman–Crippen MR) is 126 cm³/mol. The number of carbonyl (C=O) groups is 1. The number of aromatic nitrogens is 1. The zero-order valence-electron chi connectivity index (χ0n) is 20.2. The number of carbonyl (C=O) groups excluding carboxylic acids is 1. The van der Waals surface area contributed by atoms with Gasteiger partial charge in [-0.15, -0.1) is 0 Å². The molecule has 7 nitrogen and oxygen atoms in total. The van der Waals surface area contributed by atoms with E-state index in [0.717, 1.165) is 43.2 Å². The Hall–Kier alpha value is -2.82. The first kappa shape index (κ1) is 23.3. The summed E-state index contributed by atoms with van der Waals surface area (Å²) >= 11 is 0. The van der Waals surface area contributed by atoms with Crippen LogP contribution in [-0.4, -0.2) is 56.0 Å². The molecule has 3 aliphatic heterocycles. The number of rotatable bonds is 5. The van der Waals surface area contributed by atoms with Gasteiger partial charge in [-0.3, -0.25) is 4.79 Å². The molecule has 4 heterocycles. The third-order valence-corrected chi connectivity index (χ3v) is 8.76. The van der Waals surface area contributed by atoms with Crippen molar-refractivity contribution in [2.24, 2.45) is 17.3 Å². The third-order valence-electron chi connectivity index (χ3n) is 8.76. The number of ether oxygens (including phenoxy) is 1. The minimum atomic E-state index is -4.58. The lowest BCUT2D eigenvalue weighted by Crippen LogP contribution is -2.44. The number of halogens is 4. The van der Waals surface area contributed by atoms with Gasteiger partial charge in [-0.25, -0.2) is 4.39 Å². The molecule has 2 unspecified atom stereocenters. The van der Waals surface area contributed by atoms with Crippen LogP contribution < -0.4 is 15.1 Å². The summed E-state index contributed by atoms with van der Waals surface area (Å²) < 4.78 is 65.9. The fraction of sp³-hybridized carbons (Fsp3) is 0.615. The fourth-order valence-electron chi connectivity index (χ4n) is 6.76. The average molecular weight is 521 g/mol. The number of benzene rings is 1. The maximum Gasteiger partial charge on any atom is 0.396 e. The van der Waals surface area contributed by atoms with E-state index in [1.165, 1.54) is 12.5 Å². The molecule has 198 valence electrons. The highest BCUT2D eigenvalue weighted by Gasteiger charge is 2.49. The van der Waals surface area contributed by atoms with Gasteiger partial charge < -0.3 is 24.3 Å². The van der Waals surface area contributed by atoms with Crippen molar-refractivity contribution in [3.05, 3.63) is 35.0 Å². The first-order chi connectivity index (χ1) is 17.7. The van der Waals surface area contributed by atoms with Crippen molar-refractivity contribution in [2.45, 2.75) is 50.7 Å². The molecule has 7 rings (SSSR count). The molecular weight excluding hydrogens is 492 g/mol. The Morgan fingerprint density at radius 3 is 2.62 bits per heavy atom. The summed E-state index contributed by atoms with van der Waals surface area (Å²) in [5.41, 5.74) is 1.14. The smallest absolute Gasteiger partial charge is 0.396 e. The molecule has 1 spiro atoms. The lowest BCUT2D eigenvalue weighted by Gasteiger charge is -2.37. The van der Waals surface area contributed by atoms with E-state index in [2.05, 4.69) is 15.2 Å². The van der Waals surface area contributed by atoms with Gasteiger partial charge >= 0.3 is 6.18 Å². The summed E-state index contributed by atoms with van der Waals surface area (Å²) in [4.78, 5) is 21.2. The Morgan fingerprint density at radius 1 is 1.16 bits per heavy atom. The van der Waals surface area contributed by atoms with E-state index >= 15 is 4.39 Å². The predicted octanol–water partition coefficient (Wildman–Crippen LogP) is 4.56. The molecule has 1 aromatic heterocycles. The number of alkyl halides is 3. The molecule has 4 fully saturated rings. The normalized spacial score (nSPS) is 27.4. The number of oxazole rings is 1. The van der Waals surface area contributed by atoms with Crippen LogP contribution in [0.2, 0.25) is 0 Å². The van der Waals surface area contributed by atoms with Crippen LogP contribution in [0, 0.1) is 23.1 Å². The van der Waals surface area contributed by atoms with Gasteiger partial charge in [-0.05, 0) is 61.6 Å². The highest BCUT2D eigenvalue weighted by Crippen LogP contribution is 2.54. The zero-order valence-corrected chi connectivity index (χ0v) is 20.2. The van der Waals surface area contributed by atoms with Crippen molar-refractivity contribution < 1.29 is 31.5 Å². The molecule has 1 amide bonds. The van der Waals surface area contributed by atoms with E-state index in [0.29, 0.717) is 44.5 Å². The number of hydrogen-bond acceptors (Lipinski definition) is 6. The minimum Gasteiger partial charge on any atom is -0.427 e. The molecule has 2 saturated heterocycles. The van der Waals surface area contributed by atoms with Crippen molar-refractivity contribution in [1.82, 2.24) is 4.98 Å². The van der Waals surface area contributed by atoms with Crippen LogP contribution in [0.15, 0.2) is 16.5 Å². The SMILES string of the molecule is O=C(Nc1cc(F)c2c(c1)CCN2C1CC2CC2C1)c1nc(N2CCC3(COC3)C2)oc1CC(F)(F)F. The largest absolute Gasteiger partial charge is 0.427 e. The molecular formula is C26H28F4N4O3. The molecule has 1 aromatic carbocycles. The lowest BCUT2D eigenvalue weighted by atomic mass is 9.85. The van der Waals surface area contributed by atoms with Crippen LogP contribution in [-0.2, 0) is 17.6 Å². The maximum absolute atomic E-state index is 15.2. The first-order valence-electron chi connectivity index (χ1n) is 13.0. The van der Waals surface area contributed by atoms with Crippen LogP contribution in [0.1, 0.15) is 47.5 Å². The topological polar surface area (TPSA) is 70.8 Å². The molecule has 2 aromatic rings. The number of nitrogens with zero attached hydrogens (tertiary/aromatic N) is 3. The molecule has 0 bridgehead atoms. The van der Waals surface area contributed by atoms with Crippen molar-refractivity contribution in [2.75, 3.05) is 48.0 Å². The molecule has 2 saturated carbocycles. The maximum atomic E-state index is 15.2. The Balaban J connectivity index is 1.12. The first-order valence-corrected chi connectivity index (χ1v) is 13.0. The van der Waals surface area contributed by atoms with Crippen LogP contribution in [0.5, 0.6) is 0 Å². The summed E-state index contributed by atoms with van der Waals surface area (Å²) in [6, 6.07) is 3.32. The number of hydrogen-bond donors (Lipinski definition) is 1. The Bertz CT molecular complexity index is 1250. The zero-order chi connectivity index (χ0) is 25.5. The molecule has 37 heavy (non-hydrogen) atoms. The Morgan fingerprint density at radius 2 is 1.95 bits per heavy atom. The van der Waals surface area contributed by atoms with E-state index in [1.54, 1.807) is 11.0 Å². The van der Waals surface area contributed by atoms with E-state index in [4.69, 9.17) is 9.15 Å². The highest BCUT2D eigenvalue weighted by atomic mass is 19.4. The Labute approximate surface area is 211 Å². The van der Waals surface area contributed by atoms with Crippen molar-refractivity contribution in [3.63, 3.8) is 0 Å². The lowest BCUT2D eigenvalue weighted by molar-refractivity contribution is -0.130. The van der Waals surface area contributed by atoms with Crippen LogP contribution in [0.25, 0.3) is 0 Å². The van der Waals surface area contributed by atoms with Gasteiger partial charge in [0.25, 0.3) is 11.9 Å². The van der Waals surface area contributed by atoms with Crippen molar-refractivity contribution >= 4 is 23.3 Å². The van der Waals surface area contributed by atoms with Gasteiger partial charge in [0, 0.05) is 36.8 Å². The second kappa shape index (κ2) is 8.09. The molecule has 2 aliphatic carbocycles.